The highest BCUT2D eigenvalue weighted by Gasteiger charge is 2.35. The number of anilines is 1. The lowest BCUT2D eigenvalue weighted by Crippen LogP contribution is -2.41. The first kappa shape index (κ1) is 15.1. The molecule has 6 nitrogen and oxygen atoms in total. The Hall–Kier alpha value is -1.31. The smallest absolute Gasteiger partial charge is 0.243 e. The fourth-order valence-corrected chi connectivity index (χ4v) is 4.28. The first-order valence-corrected chi connectivity index (χ1v) is 8.01. The zero-order chi connectivity index (χ0) is 14.9. The van der Waals surface area contributed by atoms with Crippen molar-refractivity contribution in [2.45, 2.75) is 23.8 Å². The molecule has 0 aromatic heterocycles. The quantitative estimate of drug-likeness (QED) is 0.631. The zero-order valence-electron chi connectivity index (χ0n) is 11.8. The molecule has 20 heavy (non-hydrogen) atoms. The Labute approximate surface area is 119 Å². The fraction of sp³-hybridized carbons (Fsp3) is 0.538. The number of phenolic OH excluding ortho intramolecular Hbond substituents is 1. The van der Waals surface area contributed by atoms with E-state index in [1.165, 1.54) is 18.2 Å². The van der Waals surface area contributed by atoms with Gasteiger partial charge in [0, 0.05) is 19.1 Å². The molecule has 112 valence electrons. The van der Waals surface area contributed by atoms with Crippen LogP contribution in [0.4, 0.5) is 5.69 Å². The van der Waals surface area contributed by atoms with E-state index in [1.54, 1.807) is 4.31 Å². The van der Waals surface area contributed by atoms with Crippen molar-refractivity contribution < 1.29 is 13.5 Å². The van der Waals surface area contributed by atoms with E-state index in [-0.39, 0.29) is 22.4 Å². The van der Waals surface area contributed by atoms with Crippen molar-refractivity contribution in [1.29, 1.82) is 0 Å². The van der Waals surface area contributed by atoms with Crippen molar-refractivity contribution >= 4 is 15.7 Å². The molecule has 1 atom stereocenters. The summed E-state index contributed by atoms with van der Waals surface area (Å²) in [5.74, 6) is -0.102. The molecule has 7 heteroatoms. The molecule has 1 aromatic carbocycles. The summed E-state index contributed by atoms with van der Waals surface area (Å²) in [6, 6.07) is 4.02. The summed E-state index contributed by atoms with van der Waals surface area (Å²) in [7, 11) is 0.307. The van der Waals surface area contributed by atoms with Crippen LogP contribution in [-0.2, 0) is 10.0 Å². The Balaban J connectivity index is 2.31. The average Bonchev–Trinajstić information content (AvgIpc) is 2.80. The first-order valence-electron chi connectivity index (χ1n) is 6.57. The lowest BCUT2D eigenvalue weighted by molar-refractivity contribution is 0.291. The van der Waals surface area contributed by atoms with Gasteiger partial charge in [0.25, 0.3) is 0 Å². The molecule has 0 radical (unpaired) electrons. The standard InChI is InChI=1S/C13H21N3O3S/c1-15(2)9-10-4-3-7-16(10)20(18,19)11-5-6-13(17)12(14)8-11/h5-6,8,10,17H,3-4,7,9,14H2,1-2H3. The Morgan fingerprint density at radius 3 is 2.75 bits per heavy atom. The number of hydrogen-bond donors (Lipinski definition) is 2. The molecule has 0 spiro atoms. The van der Waals surface area contributed by atoms with Gasteiger partial charge >= 0.3 is 0 Å². The van der Waals surface area contributed by atoms with E-state index in [2.05, 4.69) is 0 Å². The van der Waals surface area contributed by atoms with Gasteiger partial charge in [0.2, 0.25) is 10.0 Å². The third kappa shape index (κ3) is 2.89. The number of benzene rings is 1. The van der Waals surface area contributed by atoms with Crippen molar-refractivity contribution in [1.82, 2.24) is 9.21 Å². The highest BCUT2D eigenvalue weighted by molar-refractivity contribution is 7.89. The molecule has 0 saturated carbocycles. The van der Waals surface area contributed by atoms with Crippen molar-refractivity contribution in [3.8, 4) is 5.75 Å². The van der Waals surface area contributed by atoms with E-state index in [9.17, 15) is 13.5 Å². The Morgan fingerprint density at radius 2 is 2.15 bits per heavy atom. The minimum Gasteiger partial charge on any atom is -0.506 e. The van der Waals surface area contributed by atoms with Gasteiger partial charge in [-0.2, -0.15) is 4.31 Å². The number of hydrogen-bond acceptors (Lipinski definition) is 5. The van der Waals surface area contributed by atoms with Gasteiger partial charge in [0.15, 0.2) is 0 Å². The van der Waals surface area contributed by atoms with Crippen LogP contribution in [-0.4, -0.2) is 56.0 Å². The number of rotatable bonds is 4. The van der Waals surface area contributed by atoms with Gasteiger partial charge in [-0.05, 0) is 45.1 Å². The summed E-state index contributed by atoms with van der Waals surface area (Å²) >= 11 is 0. The van der Waals surface area contributed by atoms with Gasteiger partial charge in [0.1, 0.15) is 5.75 Å². The molecular formula is C13H21N3O3S. The van der Waals surface area contributed by atoms with Gasteiger partial charge in [-0.15, -0.1) is 0 Å². The number of aromatic hydroxyl groups is 1. The summed E-state index contributed by atoms with van der Waals surface area (Å²) in [5.41, 5.74) is 5.67. The van der Waals surface area contributed by atoms with Gasteiger partial charge in [-0.3, -0.25) is 0 Å². The number of sulfonamides is 1. The number of nitrogens with zero attached hydrogens (tertiary/aromatic N) is 2. The summed E-state index contributed by atoms with van der Waals surface area (Å²) in [6.07, 6.45) is 1.73. The molecule has 3 N–H and O–H groups in total. The molecule has 1 heterocycles. The minimum absolute atomic E-state index is 0.00923. The summed E-state index contributed by atoms with van der Waals surface area (Å²) < 4.78 is 26.9. The largest absolute Gasteiger partial charge is 0.506 e. The fourth-order valence-electron chi connectivity index (χ4n) is 2.56. The third-order valence-corrected chi connectivity index (χ3v) is 5.45. The van der Waals surface area contributed by atoms with Crippen molar-refractivity contribution in [2.75, 3.05) is 32.9 Å². The highest BCUT2D eigenvalue weighted by Crippen LogP contribution is 2.29. The molecule has 2 rings (SSSR count). The minimum atomic E-state index is -3.56. The van der Waals surface area contributed by atoms with Crippen LogP contribution in [0.25, 0.3) is 0 Å². The predicted molar refractivity (Wildman–Crippen MR) is 78.0 cm³/mol. The predicted octanol–water partition coefficient (Wildman–Crippen LogP) is 0.689. The van der Waals surface area contributed by atoms with E-state index in [4.69, 9.17) is 5.73 Å². The van der Waals surface area contributed by atoms with Gasteiger partial charge in [-0.1, -0.05) is 0 Å². The molecule has 0 amide bonds. The molecule has 1 aliphatic heterocycles. The van der Waals surface area contributed by atoms with Crippen LogP contribution in [0.15, 0.2) is 23.1 Å². The van der Waals surface area contributed by atoms with Crippen LogP contribution in [0.1, 0.15) is 12.8 Å². The van der Waals surface area contributed by atoms with Gasteiger partial charge in [0.05, 0.1) is 10.6 Å². The maximum Gasteiger partial charge on any atom is 0.243 e. The van der Waals surface area contributed by atoms with Gasteiger partial charge in [-0.25, -0.2) is 8.42 Å². The van der Waals surface area contributed by atoms with Crippen molar-refractivity contribution in [2.24, 2.45) is 0 Å². The molecular weight excluding hydrogens is 278 g/mol. The monoisotopic (exact) mass is 299 g/mol. The number of nitrogens with two attached hydrogens (primary N) is 1. The van der Waals surface area contributed by atoms with Crippen molar-refractivity contribution in [3.05, 3.63) is 18.2 Å². The Morgan fingerprint density at radius 1 is 1.45 bits per heavy atom. The molecule has 0 bridgehead atoms. The lowest BCUT2D eigenvalue weighted by atomic mass is 10.2. The van der Waals surface area contributed by atoms with Gasteiger partial charge < -0.3 is 15.7 Å². The van der Waals surface area contributed by atoms with Crippen molar-refractivity contribution in [3.63, 3.8) is 0 Å². The first-order chi connectivity index (χ1) is 9.32. The highest BCUT2D eigenvalue weighted by atomic mass is 32.2. The molecule has 0 aliphatic carbocycles. The van der Waals surface area contributed by atoms with Crippen LogP contribution in [0.2, 0.25) is 0 Å². The maximum atomic E-state index is 12.7. The molecule has 1 saturated heterocycles. The molecule has 1 aromatic rings. The maximum absolute atomic E-state index is 12.7. The summed E-state index contributed by atoms with van der Waals surface area (Å²) in [5, 5.41) is 9.41. The second kappa shape index (κ2) is 5.59. The second-order valence-corrected chi connectivity index (χ2v) is 7.29. The van der Waals surface area contributed by atoms with E-state index in [1.807, 2.05) is 19.0 Å². The lowest BCUT2D eigenvalue weighted by Gasteiger charge is -2.26. The van der Waals surface area contributed by atoms with Crippen LogP contribution in [0.5, 0.6) is 5.75 Å². The summed E-state index contributed by atoms with van der Waals surface area (Å²) in [6.45, 7) is 1.23. The average molecular weight is 299 g/mol. The number of phenols is 1. The summed E-state index contributed by atoms with van der Waals surface area (Å²) in [4.78, 5) is 2.13. The van der Waals surface area contributed by atoms with Crippen LogP contribution < -0.4 is 5.73 Å². The normalized spacial score (nSPS) is 20.6. The van der Waals surface area contributed by atoms with E-state index >= 15 is 0 Å². The van der Waals surface area contributed by atoms with Crippen LogP contribution >= 0.6 is 0 Å². The Kier molecular flexibility index (Phi) is 4.22. The van der Waals surface area contributed by atoms with E-state index < -0.39 is 10.0 Å². The number of likely N-dealkylation sites (N-methyl/N-ethyl adjacent to an activating group) is 1. The molecule has 1 unspecified atom stereocenters. The van der Waals surface area contributed by atoms with Crippen LogP contribution in [0, 0.1) is 0 Å². The SMILES string of the molecule is CN(C)CC1CCCN1S(=O)(=O)c1ccc(O)c(N)c1. The molecule has 1 fully saturated rings. The Bertz CT molecular complexity index is 587. The second-order valence-electron chi connectivity index (χ2n) is 5.39. The van der Waals surface area contributed by atoms with E-state index in [0.717, 1.165) is 12.8 Å². The van der Waals surface area contributed by atoms with Crippen LogP contribution in [0.3, 0.4) is 0 Å². The zero-order valence-corrected chi connectivity index (χ0v) is 12.6. The third-order valence-electron chi connectivity index (χ3n) is 3.50. The topological polar surface area (TPSA) is 86.9 Å². The van der Waals surface area contributed by atoms with E-state index in [0.29, 0.717) is 13.1 Å². The number of nitrogen functional groups attached to an aromatic ring is 1. The molecule has 1 aliphatic rings.